The lowest BCUT2D eigenvalue weighted by Gasteiger charge is -2.29. The summed E-state index contributed by atoms with van der Waals surface area (Å²) < 4.78 is 0. The Morgan fingerprint density at radius 3 is 2.20 bits per heavy atom. The zero-order valence-electron chi connectivity index (χ0n) is 10.4. The molecule has 0 aliphatic rings. The number of hydrogen-bond acceptors (Lipinski definition) is 3. The molecule has 15 heavy (non-hydrogen) atoms. The van der Waals surface area contributed by atoms with E-state index in [4.69, 9.17) is 10.9 Å². The molecule has 90 valence electrons. The van der Waals surface area contributed by atoms with Crippen molar-refractivity contribution in [2.45, 2.75) is 46.6 Å². The Balaban J connectivity index is 4.27. The monoisotopic (exact) mass is 215 g/mol. The van der Waals surface area contributed by atoms with E-state index in [1.807, 2.05) is 0 Å². The Morgan fingerprint density at radius 1 is 1.33 bits per heavy atom. The highest BCUT2D eigenvalue weighted by molar-refractivity contribution is 5.81. The largest absolute Gasteiger partial charge is 0.409 e. The van der Waals surface area contributed by atoms with Gasteiger partial charge in [0.2, 0.25) is 0 Å². The highest BCUT2D eigenvalue weighted by Gasteiger charge is 2.15. The van der Waals surface area contributed by atoms with Crippen LogP contribution >= 0.6 is 0 Å². The van der Waals surface area contributed by atoms with Gasteiger partial charge in [-0.05, 0) is 19.8 Å². The summed E-state index contributed by atoms with van der Waals surface area (Å²) in [6.45, 7) is 10.2. The minimum Gasteiger partial charge on any atom is -0.409 e. The fraction of sp³-hybridized carbons (Fsp3) is 0.909. The van der Waals surface area contributed by atoms with Crippen molar-refractivity contribution in [1.82, 2.24) is 4.90 Å². The second kappa shape index (κ2) is 7.51. The topological polar surface area (TPSA) is 61.8 Å². The van der Waals surface area contributed by atoms with Gasteiger partial charge in [-0.15, -0.1) is 0 Å². The van der Waals surface area contributed by atoms with Crippen molar-refractivity contribution in [2.75, 3.05) is 13.1 Å². The van der Waals surface area contributed by atoms with Crippen LogP contribution in [0.1, 0.15) is 40.5 Å². The van der Waals surface area contributed by atoms with E-state index in [9.17, 15) is 0 Å². The summed E-state index contributed by atoms with van der Waals surface area (Å²) in [7, 11) is 0. The molecule has 0 spiro atoms. The van der Waals surface area contributed by atoms with Gasteiger partial charge in [0.05, 0.1) is 6.54 Å². The van der Waals surface area contributed by atoms with Crippen molar-refractivity contribution < 1.29 is 5.21 Å². The van der Waals surface area contributed by atoms with E-state index in [0.29, 0.717) is 18.5 Å². The van der Waals surface area contributed by atoms with Crippen molar-refractivity contribution in [3.8, 4) is 0 Å². The summed E-state index contributed by atoms with van der Waals surface area (Å²) in [4.78, 5) is 2.24. The average molecular weight is 215 g/mol. The molecule has 0 saturated carbocycles. The normalized spacial score (nSPS) is 13.1. The van der Waals surface area contributed by atoms with E-state index < -0.39 is 0 Å². The third kappa shape index (κ3) is 5.62. The lowest BCUT2D eigenvalue weighted by Crippen LogP contribution is -2.41. The summed E-state index contributed by atoms with van der Waals surface area (Å²) in [6.07, 6.45) is 2.35. The van der Waals surface area contributed by atoms with Crippen molar-refractivity contribution >= 4 is 5.84 Å². The molecule has 0 amide bonds. The molecule has 0 radical (unpaired) electrons. The van der Waals surface area contributed by atoms with Crippen LogP contribution in [0.15, 0.2) is 5.16 Å². The van der Waals surface area contributed by atoms with Crippen LogP contribution in [0, 0.1) is 5.92 Å². The van der Waals surface area contributed by atoms with Gasteiger partial charge in [0.1, 0.15) is 0 Å². The molecular formula is C11H25N3O. The van der Waals surface area contributed by atoms with Crippen LogP contribution < -0.4 is 5.73 Å². The second-order valence-corrected chi connectivity index (χ2v) is 4.30. The maximum atomic E-state index is 8.55. The Morgan fingerprint density at radius 2 is 1.87 bits per heavy atom. The van der Waals surface area contributed by atoms with Crippen LogP contribution in [0.2, 0.25) is 0 Å². The molecular weight excluding hydrogens is 190 g/mol. The Hall–Kier alpha value is -0.770. The van der Waals surface area contributed by atoms with E-state index >= 15 is 0 Å². The molecule has 3 N–H and O–H groups in total. The lowest BCUT2D eigenvalue weighted by atomic mass is 10.0. The molecule has 4 nitrogen and oxygen atoms in total. The first kappa shape index (κ1) is 14.2. The van der Waals surface area contributed by atoms with Gasteiger partial charge < -0.3 is 10.9 Å². The first-order valence-electron chi connectivity index (χ1n) is 5.75. The van der Waals surface area contributed by atoms with Crippen LogP contribution in [-0.4, -0.2) is 35.1 Å². The summed E-state index contributed by atoms with van der Waals surface area (Å²) in [6, 6.07) is 0.422. The molecule has 0 atom stereocenters. The van der Waals surface area contributed by atoms with Crippen LogP contribution in [0.25, 0.3) is 0 Å². The predicted octanol–water partition coefficient (Wildman–Crippen LogP) is 1.88. The molecule has 0 saturated heterocycles. The fourth-order valence-corrected chi connectivity index (χ4v) is 1.58. The average Bonchev–Trinajstić information content (AvgIpc) is 2.23. The standard InChI is InChI=1S/C11H25N3O/c1-5-10(6-2)7-14(9(3)4)8-11(12)13-15/h9-10,15H,5-8H2,1-4H3,(H2,12,13). The van der Waals surface area contributed by atoms with Crippen molar-refractivity contribution in [2.24, 2.45) is 16.8 Å². The summed E-state index contributed by atoms with van der Waals surface area (Å²) in [5.41, 5.74) is 5.53. The number of nitrogens with zero attached hydrogens (tertiary/aromatic N) is 2. The number of nitrogens with two attached hydrogens (primary N) is 1. The molecule has 0 aromatic rings. The van der Waals surface area contributed by atoms with Gasteiger partial charge in [-0.25, -0.2) is 0 Å². The summed E-state index contributed by atoms with van der Waals surface area (Å²) in [5, 5.41) is 11.6. The Kier molecular flexibility index (Phi) is 7.13. The molecule has 0 fully saturated rings. The van der Waals surface area contributed by atoms with Crippen LogP contribution in [0.5, 0.6) is 0 Å². The zero-order chi connectivity index (χ0) is 11.8. The molecule has 0 aromatic carbocycles. The van der Waals surface area contributed by atoms with E-state index in [-0.39, 0.29) is 5.84 Å². The van der Waals surface area contributed by atoms with Crippen molar-refractivity contribution in [1.29, 1.82) is 0 Å². The van der Waals surface area contributed by atoms with Crippen molar-refractivity contribution in [3.05, 3.63) is 0 Å². The second-order valence-electron chi connectivity index (χ2n) is 4.30. The van der Waals surface area contributed by atoms with Gasteiger partial charge in [0, 0.05) is 12.6 Å². The zero-order valence-corrected chi connectivity index (χ0v) is 10.4. The first-order valence-corrected chi connectivity index (χ1v) is 5.75. The molecule has 0 aliphatic carbocycles. The third-order valence-electron chi connectivity index (χ3n) is 2.87. The third-order valence-corrected chi connectivity index (χ3v) is 2.87. The summed E-state index contributed by atoms with van der Waals surface area (Å²) >= 11 is 0. The van der Waals surface area contributed by atoms with Gasteiger partial charge in [0.25, 0.3) is 0 Å². The minimum absolute atomic E-state index is 0.287. The minimum atomic E-state index is 0.287. The van der Waals surface area contributed by atoms with Gasteiger partial charge in [0.15, 0.2) is 5.84 Å². The molecule has 0 rings (SSSR count). The highest BCUT2D eigenvalue weighted by atomic mass is 16.4. The van der Waals surface area contributed by atoms with Gasteiger partial charge in [-0.2, -0.15) is 0 Å². The molecule has 0 unspecified atom stereocenters. The van der Waals surface area contributed by atoms with Gasteiger partial charge >= 0.3 is 0 Å². The maximum Gasteiger partial charge on any atom is 0.153 e. The molecule has 0 heterocycles. The Bertz CT molecular complexity index is 188. The fourth-order valence-electron chi connectivity index (χ4n) is 1.58. The van der Waals surface area contributed by atoms with Crippen LogP contribution in [0.3, 0.4) is 0 Å². The number of rotatable bonds is 7. The first-order chi connectivity index (χ1) is 7.04. The SMILES string of the molecule is CCC(CC)CN(CC(N)=NO)C(C)C. The molecule has 0 aliphatic heterocycles. The lowest BCUT2D eigenvalue weighted by molar-refractivity contribution is 0.204. The number of amidine groups is 1. The number of oxime groups is 1. The van der Waals surface area contributed by atoms with E-state index in [2.05, 4.69) is 37.8 Å². The smallest absolute Gasteiger partial charge is 0.153 e. The van der Waals surface area contributed by atoms with E-state index in [1.165, 1.54) is 12.8 Å². The van der Waals surface area contributed by atoms with Crippen LogP contribution in [-0.2, 0) is 0 Å². The van der Waals surface area contributed by atoms with E-state index in [1.54, 1.807) is 0 Å². The number of hydrogen-bond donors (Lipinski definition) is 2. The molecule has 0 bridgehead atoms. The Labute approximate surface area is 93.1 Å². The van der Waals surface area contributed by atoms with Gasteiger partial charge in [-0.1, -0.05) is 31.8 Å². The van der Waals surface area contributed by atoms with Crippen LogP contribution in [0.4, 0.5) is 0 Å². The van der Waals surface area contributed by atoms with Gasteiger partial charge in [-0.3, -0.25) is 4.90 Å². The quantitative estimate of drug-likeness (QED) is 0.295. The maximum absolute atomic E-state index is 8.55. The molecule has 0 aromatic heterocycles. The molecule has 4 heteroatoms. The highest BCUT2D eigenvalue weighted by Crippen LogP contribution is 2.11. The van der Waals surface area contributed by atoms with E-state index in [0.717, 1.165) is 6.54 Å². The predicted molar refractivity (Wildman–Crippen MR) is 64.2 cm³/mol. The van der Waals surface area contributed by atoms with Crippen molar-refractivity contribution in [3.63, 3.8) is 0 Å². The summed E-state index contributed by atoms with van der Waals surface area (Å²) in [5.74, 6) is 0.980.